The molecule has 6 nitrogen and oxygen atoms in total. The normalized spacial score (nSPS) is 10.5. The van der Waals surface area contributed by atoms with Crippen LogP contribution in [0.4, 0.5) is 11.4 Å². The van der Waals surface area contributed by atoms with Crippen molar-refractivity contribution < 1.29 is 9.59 Å². The van der Waals surface area contributed by atoms with Crippen LogP contribution in [-0.4, -0.2) is 50.9 Å². The largest absolute Gasteiger partial charge is 0.326 e. The van der Waals surface area contributed by atoms with Gasteiger partial charge in [0.05, 0.1) is 6.54 Å². The van der Waals surface area contributed by atoms with Gasteiger partial charge < -0.3 is 20.9 Å². The minimum atomic E-state index is -0.0659. The van der Waals surface area contributed by atoms with Crippen molar-refractivity contribution in [3.8, 4) is 0 Å². The lowest BCUT2D eigenvalue weighted by Crippen LogP contribution is -2.27. The van der Waals surface area contributed by atoms with Crippen LogP contribution in [0, 0.1) is 0 Å². The van der Waals surface area contributed by atoms with Gasteiger partial charge in [-0.3, -0.25) is 9.59 Å². The fraction of sp³-hybridized carbons (Fsp3) is 0.467. The Morgan fingerprint density at radius 1 is 1.00 bits per heavy atom. The van der Waals surface area contributed by atoms with Crippen LogP contribution in [0.15, 0.2) is 24.3 Å². The highest BCUT2D eigenvalue weighted by atomic mass is 16.2. The summed E-state index contributed by atoms with van der Waals surface area (Å²) in [5, 5.41) is 8.62. The summed E-state index contributed by atoms with van der Waals surface area (Å²) in [7, 11) is 5.54. The van der Waals surface area contributed by atoms with Gasteiger partial charge in [0.2, 0.25) is 11.8 Å². The molecule has 6 heteroatoms. The maximum Gasteiger partial charge on any atom is 0.238 e. The van der Waals surface area contributed by atoms with Crippen LogP contribution < -0.4 is 16.0 Å². The van der Waals surface area contributed by atoms with Gasteiger partial charge in [-0.25, -0.2) is 0 Å². The van der Waals surface area contributed by atoms with Gasteiger partial charge in [0.25, 0.3) is 0 Å². The van der Waals surface area contributed by atoms with Crippen LogP contribution in [-0.2, 0) is 9.59 Å². The maximum absolute atomic E-state index is 11.7. The number of carbonyl (C=O) groups is 2. The van der Waals surface area contributed by atoms with E-state index in [1.54, 1.807) is 29.2 Å². The Morgan fingerprint density at radius 2 is 1.52 bits per heavy atom. The van der Waals surface area contributed by atoms with Gasteiger partial charge in [0, 0.05) is 17.8 Å². The van der Waals surface area contributed by atoms with Gasteiger partial charge in [-0.05, 0) is 58.4 Å². The smallest absolute Gasteiger partial charge is 0.238 e. The van der Waals surface area contributed by atoms with Crippen molar-refractivity contribution in [2.75, 3.05) is 44.9 Å². The number of hydrogen-bond acceptors (Lipinski definition) is 4. The number of benzene rings is 1. The Balaban J connectivity index is 2.43. The molecule has 21 heavy (non-hydrogen) atoms. The van der Waals surface area contributed by atoms with Crippen molar-refractivity contribution in [3.63, 3.8) is 0 Å². The van der Waals surface area contributed by atoms with E-state index in [1.165, 1.54) is 0 Å². The van der Waals surface area contributed by atoms with Crippen molar-refractivity contribution >= 4 is 23.2 Å². The number of amides is 2. The molecule has 0 spiro atoms. The van der Waals surface area contributed by atoms with E-state index in [0.29, 0.717) is 13.0 Å². The molecular formula is C15H24N4O2. The van der Waals surface area contributed by atoms with Gasteiger partial charge in [0.1, 0.15) is 0 Å². The topological polar surface area (TPSA) is 73.5 Å². The molecular weight excluding hydrogens is 268 g/mol. The number of likely N-dealkylation sites (N-methyl/N-ethyl adjacent to an activating group) is 1. The molecule has 0 aromatic heterocycles. The van der Waals surface area contributed by atoms with Gasteiger partial charge in [-0.15, -0.1) is 0 Å². The molecule has 0 saturated heterocycles. The van der Waals surface area contributed by atoms with Gasteiger partial charge in [-0.2, -0.15) is 0 Å². The highest BCUT2D eigenvalue weighted by Gasteiger charge is 2.05. The summed E-state index contributed by atoms with van der Waals surface area (Å²) in [6.45, 7) is 1.16. The number of nitrogens with zero attached hydrogens (tertiary/aromatic N) is 1. The van der Waals surface area contributed by atoms with E-state index in [-0.39, 0.29) is 11.8 Å². The molecule has 3 N–H and O–H groups in total. The van der Waals surface area contributed by atoms with E-state index in [1.807, 2.05) is 21.1 Å². The van der Waals surface area contributed by atoms with Crippen LogP contribution in [0.5, 0.6) is 0 Å². The number of hydrogen-bond donors (Lipinski definition) is 3. The molecule has 0 saturated carbocycles. The summed E-state index contributed by atoms with van der Waals surface area (Å²) < 4.78 is 0. The lowest BCUT2D eigenvalue weighted by molar-refractivity contribution is -0.117. The summed E-state index contributed by atoms with van der Waals surface area (Å²) in [6, 6.07) is 7.11. The molecule has 1 aromatic carbocycles. The molecule has 0 aliphatic carbocycles. The molecule has 0 aliphatic heterocycles. The van der Waals surface area contributed by atoms with Gasteiger partial charge in [-0.1, -0.05) is 0 Å². The molecule has 1 aromatic rings. The van der Waals surface area contributed by atoms with E-state index in [0.717, 1.165) is 24.3 Å². The van der Waals surface area contributed by atoms with Crippen molar-refractivity contribution in [3.05, 3.63) is 24.3 Å². The standard InChI is InChI=1S/C15H24N4O2/c1-16-10-4-5-14(20)17-12-6-8-13(9-7-12)18-15(21)11-19(2)3/h6-9,16H,4-5,10-11H2,1-3H3,(H,17,20)(H,18,21). The number of rotatable bonds is 8. The van der Waals surface area contributed by atoms with E-state index in [9.17, 15) is 9.59 Å². The first-order chi connectivity index (χ1) is 10.0. The van der Waals surface area contributed by atoms with Crippen LogP contribution >= 0.6 is 0 Å². The van der Waals surface area contributed by atoms with E-state index < -0.39 is 0 Å². The van der Waals surface area contributed by atoms with Crippen molar-refractivity contribution in [1.29, 1.82) is 0 Å². The first-order valence-electron chi connectivity index (χ1n) is 7.00. The number of anilines is 2. The summed E-state index contributed by atoms with van der Waals surface area (Å²) >= 11 is 0. The van der Waals surface area contributed by atoms with Crippen LogP contribution in [0.25, 0.3) is 0 Å². The average Bonchev–Trinajstić information content (AvgIpc) is 2.40. The molecule has 1 rings (SSSR count). The summed E-state index contributed by atoms with van der Waals surface area (Å²) in [5.41, 5.74) is 1.45. The van der Waals surface area contributed by atoms with E-state index >= 15 is 0 Å². The molecule has 0 aliphatic rings. The van der Waals surface area contributed by atoms with Gasteiger partial charge in [0.15, 0.2) is 0 Å². The minimum Gasteiger partial charge on any atom is -0.326 e. The second kappa shape index (κ2) is 9.10. The molecule has 0 radical (unpaired) electrons. The predicted molar refractivity (Wildman–Crippen MR) is 85.4 cm³/mol. The zero-order valence-electron chi connectivity index (χ0n) is 12.9. The lowest BCUT2D eigenvalue weighted by atomic mass is 10.2. The fourth-order valence-corrected chi connectivity index (χ4v) is 1.77. The summed E-state index contributed by atoms with van der Waals surface area (Å²) in [4.78, 5) is 25.1. The molecule has 0 fully saturated rings. The van der Waals surface area contributed by atoms with Crippen LogP contribution in [0.3, 0.4) is 0 Å². The van der Waals surface area contributed by atoms with E-state index in [4.69, 9.17) is 0 Å². The molecule has 0 atom stereocenters. The average molecular weight is 292 g/mol. The highest BCUT2D eigenvalue weighted by molar-refractivity contribution is 5.93. The Morgan fingerprint density at radius 3 is 2.00 bits per heavy atom. The fourth-order valence-electron chi connectivity index (χ4n) is 1.77. The van der Waals surface area contributed by atoms with Crippen LogP contribution in [0.2, 0.25) is 0 Å². The second-order valence-electron chi connectivity index (χ2n) is 5.12. The number of carbonyl (C=O) groups excluding carboxylic acids is 2. The van der Waals surface area contributed by atoms with E-state index in [2.05, 4.69) is 16.0 Å². The summed E-state index contributed by atoms with van der Waals surface area (Å²) in [6.07, 6.45) is 1.29. The highest BCUT2D eigenvalue weighted by Crippen LogP contribution is 2.14. The monoisotopic (exact) mass is 292 g/mol. The molecule has 2 amide bonds. The Hall–Kier alpha value is -1.92. The maximum atomic E-state index is 11.7. The minimum absolute atomic E-state index is 0.00496. The van der Waals surface area contributed by atoms with Crippen LogP contribution in [0.1, 0.15) is 12.8 Å². The molecule has 0 bridgehead atoms. The Labute approximate surface area is 125 Å². The first kappa shape index (κ1) is 17.1. The van der Waals surface area contributed by atoms with Crippen molar-refractivity contribution in [1.82, 2.24) is 10.2 Å². The predicted octanol–water partition coefficient (Wildman–Crippen LogP) is 1.12. The van der Waals surface area contributed by atoms with Crippen molar-refractivity contribution in [2.45, 2.75) is 12.8 Å². The molecule has 0 heterocycles. The Bertz CT molecular complexity index is 457. The quantitative estimate of drug-likeness (QED) is 0.628. The van der Waals surface area contributed by atoms with Crippen molar-refractivity contribution in [2.24, 2.45) is 0 Å². The zero-order valence-corrected chi connectivity index (χ0v) is 12.9. The molecule has 116 valence electrons. The first-order valence-corrected chi connectivity index (χ1v) is 7.00. The lowest BCUT2D eigenvalue weighted by Gasteiger charge is -2.11. The molecule has 0 unspecified atom stereocenters. The zero-order chi connectivity index (χ0) is 15.7. The second-order valence-corrected chi connectivity index (χ2v) is 5.12. The summed E-state index contributed by atoms with van der Waals surface area (Å²) in [5.74, 6) is -0.0708. The van der Waals surface area contributed by atoms with Gasteiger partial charge >= 0.3 is 0 Å². The SMILES string of the molecule is CNCCCC(=O)Nc1ccc(NC(=O)CN(C)C)cc1. The third kappa shape index (κ3) is 7.43. The number of nitrogens with one attached hydrogen (secondary N) is 3. The third-order valence-electron chi connectivity index (χ3n) is 2.74. The third-order valence-corrected chi connectivity index (χ3v) is 2.74. The Kier molecular flexibility index (Phi) is 7.42.